The minimum absolute atomic E-state index is 0.120. The van der Waals surface area contributed by atoms with E-state index in [0.717, 1.165) is 25.9 Å². The molecule has 168 valence electrons. The lowest BCUT2D eigenvalue weighted by Crippen LogP contribution is -2.70. The summed E-state index contributed by atoms with van der Waals surface area (Å²) in [4.78, 5) is 38.6. The fourth-order valence-corrected chi connectivity index (χ4v) is 5.73. The van der Waals surface area contributed by atoms with Crippen LogP contribution in [0.2, 0.25) is 0 Å². The maximum Gasteiger partial charge on any atom is 0.511 e. The highest BCUT2D eigenvalue weighted by molar-refractivity contribution is 8.01. The average Bonchev–Trinajstić information content (AvgIpc) is 2.81. The predicted octanol–water partition coefficient (Wildman–Crippen LogP) is 1.68. The van der Waals surface area contributed by atoms with Gasteiger partial charge in [0.2, 0.25) is 18.7 Å². The molecule has 1 N–H and O–H groups in total. The molecule has 4 atom stereocenters. The number of β-lactam (4-membered cyclic amide) rings is 1. The smallest absolute Gasteiger partial charge is 0.435 e. The number of thioether (sulfide) groups is 1. The summed E-state index contributed by atoms with van der Waals surface area (Å²) in [5.74, 6) is -0.708. The van der Waals surface area contributed by atoms with E-state index in [9.17, 15) is 14.4 Å². The molecule has 0 radical (unpaired) electrons. The van der Waals surface area contributed by atoms with Gasteiger partial charge in [-0.2, -0.15) is 0 Å². The van der Waals surface area contributed by atoms with Gasteiger partial charge in [0, 0.05) is 11.7 Å². The number of hydrogen-bond acceptors (Lipinski definition) is 7. The summed E-state index contributed by atoms with van der Waals surface area (Å²) >= 11 is 1.58. The molecule has 30 heavy (non-hydrogen) atoms. The van der Waals surface area contributed by atoms with Crippen LogP contribution >= 0.6 is 11.8 Å². The number of nitrogens with one attached hydrogen (secondary N) is 1. The van der Waals surface area contributed by atoms with Crippen molar-refractivity contribution < 1.29 is 33.2 Å². The molecule has 9 nitrogen and oxygen atoms in total. The van der Waals surface area contributed by atoms with Gasteiger partial charge in [-0.15, -0.1) is 11.8 Å². The standard InChI is InChI=1S/C20H31N3O6S/c1-5-27-19(26)29-13(2)28-18(25)15-20(3,4)30-17-14(16(24)23(15)17)21-12-22-10-8-6-7-9-11-22/h12-15,17H,5-11H2,1-4H3/p+1. The SMILES string of the molecule is CCOC(=O)OC(C)OC(=O)C1N2C(=O)C(NC=[N+]3CCCCCC3)C2SC1(C)C. The first-order valence-corrected chi connectivity index (χ1v) is 11.5. The minimum atomic E-state index is -1.10. The van der Waals surface area contributed by atoms with Gasteiger partial charge in [-0.1, -0.05) is 0 Å². The molecule has 0 aromatic heterocycles. The Bertz CT molecular complexity index is 703. The molecule has 0 aromatic carbocycles. The molecule has 3 aliphatic heterocycles. The lowest BCUT2D eigenvalue weighted by Gasteiger charge is -2.41. The molecule has 3 saturated heterocycles. The Hall–Kier alpha value is -1.97. The van der Waals surface area contributed by atoms with Crippen LogP contribution in [0.1, 0.15) is 53.4 Å². The van der Waals surface area contributed by atoms with Crippen molar-refractivity contribution in [1.29, 1.82) is 0 Å². The Morgan fingerprint density at radius 2 is 1.93 bits per heavy atom. The van der Waals surface area contributed by atoms with Crippen molar-refractivity contribution in [2.75, 3.05) is 19.7 Å². The van der Waals surface area contributed by atoms with Gasteiger partial charge < -0.3 is 19.1 Å². The van der Waals surface area contributed by atoms with Gasteiger partial charge in [0.25, 0.3) is 5.91 Å². The quantitative estimate of drug-likeness (QED) is 0.218. The first-order chi connectivity index (χ1) is 14.2. The van der Waals surface area contributed by atoms with Crippen LogP contribution in [0.4, 0.5) is 4.79 Å². The topological polar surface area (TPSA) is 97.2 Å². The van der Waals surface area contributed by atoms with Crippen molar-refractivity contribution in [3.05, 3.63) is 0 Å². The third kappa shape index (κ3) is 4.84. The molecule has 3 rings (SSSR count). The van der Waals surface area contributed by atoms with Gasteiger partial charge in [-0.05, 0) is 46.5 Å². The van der Waals surface area contributed by atoms with Crippen molar-refractivity contribution in [1.82, 2.24) is 10.2 Å². The van der Waals surface area contributed by atoms with Crippen LogP contribution in [0.15, 0.2) is 0 Å². The molecule has 1 amide bonds. The molecular weight excluding hydrogens is 410 g/mol. The molecule has 10 heteroatoms. The van der Waals surface area contributed by atoms with E-state index in [1.165, 1.54) is 19.8 Å². The van der Waals surface area contributed by atoms with Gasteiger partial charge in [-0.3, -0.25) is 14.7 Å². The Kier molecular flexibility index (Phi) is 7.15. The number of esters is 1. The first kappa shape index (κ1) is 22.7. The van der Waals surface area contributed by atoms with Crippen LogP contribution < -0.4 is 5.32 Å². The molecule has 0 spiro atoms. The zero-order valence-corrected chi connectivity index (χ0v) is 18.9. The van der Waals surface area contributed by atoms with E-state index >= 15 is 0 Å². The second-order valence-corrected chi connectivity index (χ2v) is 10.1. The van der Waals surface area contributed by atoms with Crippen LogP contribution in [0.25, 0.3) is 0 Å². The van der Waals surface area contributed by atoms with Gasteiger partial charge in [0.1, 0.15) is 11.4 Å². The minimum Gasteiger partial charge on any atom is -0.435 e. The number of rotatable bonds is 6. The Morgan fingerprint density at radius 1 is 1.27 bits per heavy atom. The van der Waals surface area contributed by atoms with Crippen LogP contribution in [0, 0.1) is 0 Å². The summed E-state index contributed by atoms with van der Waals surface area (Å²) in [5, 5.41) is 3.12. The van der Waals surface area contributed by atoms with Gasteiger partial charge in [-0.25, -0.2) is 9.59 Å². The third-order valence-electron chi connectivity index (χ3n) is 5.55. The van der Waals surface area contributed by atoms with Crippen LogP contribution in [0.5, 0.6) is 0 Å². The van der Waals surface area contributed by atoms with Crippen LogP contribution in [-0.2, 0) is 23.8 Å². The zero-order valence-electron chi connectivity index (χ0n) is 18.1. The molecule has 3 aliphatic rings. The van der Waals surface area contributed by atoms with Crippen molar-refractivity contribution in [3.63, 3.8) is 0 Å². The monoisotopic (exact) mass is 442 g/mol. The van der Waals surface area contributed by atoms with E-state index in [0.29, 0.717) is 0 Å². The second-order valence-electron chi connectivity index (χ2n) is 8.29. The molecule has 3 heterocycles. The van der Waals surface area contributed by atoms with Gasteiger partial charge in [0.15, 0.2) is 0 Å². The summed E-state index contributed by atoms with van der Waals surface area (Å²) in [7, 11) is 0. The van der Waals surface area contributed by atoms with Crippen molar-refractivity contribution in [3.8, 4) is 0 Å². The first-order valence-electron chi connectivity index (χ1n) is 10.6. The summed E-state index contributed by atoms with van der Waals surface area (Å²) < 4.78 is 16.6. The fraction of sp³-hybridized carbons (Fsp3) is 0.800. The highest BCUT2D eigenvalue weighted by Gasteiger charge is 2.66. The Labute approximate surface area is 181 Å². The summed E-state index contributed by atoms with van der Waals surface area (Å²) in [6.45, 7) is 9.09. The van der Waals surface area contributed by atoms with Crippen LogP contribution in [0.3, 0.4) is 0 Å². The lowest BCUT2D eigenvalue weighted by molar-refractivity contribution is -0.523. The molecule has 3 fully saturated rings. The fourth-order valence-electron chi connectivity index (χ4n) is 4.10. The van der Waals surface area contributed by atoms with E-state index in [4.69, 9.17) is 9.47 Å². The highest BCUT2D eigenvalue weighted by Crippen LogP contribution is 2.51. The largest absolute Gasteiger partial charge is 0.511 e. The maximum atomic E-state index is 12.8. The van der Waals surface area contributed by atoms with Gasteiger partial charge in [0.05, 0.1) is 19.7 Å². The third-order valence-corrected chi connectivity index (χ3v) is 7.12. The summed E-state index contributed by atoms with van der Waals surface area (Å²) in [6.07, 6.45) is 4.74. The van der Waals surface area contributed by atoms with Crippen molar-refractivity contribution in [2.24, 2.45) is 0 Å². The number of nitrogens with zero attached hydrogens (tertiary/aromatic N) is 2. The highest BCUT2D eigenvalue weighted by atomic mass is 32.2. The normalized spacial score (nSPS) is 28.5. The number of amides is 1. The number of fused-ring (bicyclic) bond motifs is 1. The molecule has 0 aliphatic carbocycles. The summed E-state index contributed by atoms with van der Waals surface area (Å²) in [5.41, 5.74) is 0. The maximum absolute atomic E-state index is 12.8. The average molecular weight is 443 g/mol. The Morgan fingerprint density at radius 3 is 2.57 bits per heavy atom. The molecule has 4 unspecified atom stereocenters. The van der Waals surface area contributed by atoms with Crippen molar-refractivity contribution >= 4 is 36.1 Å². The number of carbonyl (C=O) groups excluding carboxylic acids is 3. The van der Waals surface area contributed by atoms with E-state index in [2.05, 4.69) is 14.6 Å². The van der Waals surface area contributed by atoms with Crippen LogP contribution in [-0.4, -0.2) is 82.0 Å². The molecular formula is C20H32N3O6S+. The number of carbonyl (C=O) groups is 3. The molecule has 0 aromatic rings. The summed E-state index contributed by atoms with van der Waals surface area (Å²) in [6, 6.07) is -1.10. The van der Waals surface area contributed by atoms with E-state index in [-0.39, 0.29) is 23.9 Å². The van der Waals surface area contributed by atoms with Crippen molar-refractivity contribution in [2.45, 2.75) is 81.9 Å². The van der Waals surface area contributed by atoms with Gasteiger partial charge >= 0.3 is 12.1 Å². The van der Waals surface area contributed by atoms with E-state index in [1.54, 1.807) is 23.6 Å². The lowest BCUT2D eigenvalue weighted by atomic mass is 9.96. The molecule has 0 bridgehead atoms. The van der Waals surface area contributed by atoms with E-state index < -0.39 is 29.2 Å². The zero-order chi connectivity index (χ0) is 21.9. The molecule has 0 saturated carbocycles. The second kappa shape index (κ2) is 9.45. The predicted molar refractivity (Wildman–Crippen MR) is 111 cm³/mol. The Balaban J connectivity index is 1.60. The van der Waals surface area contributed by atoms with E-state index in [1.807, 2.05) is 20.2 Å². The number of hydrogen-bond donors (Lipinski definition) is 1. The number of ether oxygens (including phenoxy) is 3.